The highest BCUT2D eigenvalue weighted by Crippen LogP contribution is 2.29. The maximum Gasteiger partial charge on any atom is 0.243 e. The van der Waals surface area contributed by atoms with Gasteiger partial charge in [0.25, 0.3) is 0 Å². The summed E-state index contributed by atoms with van der Waals surface area (Å²) in [5.74, 6) is -0.257. The van der Waals surface area contributed by atoms with E-state index in [-0.39, 0.29) is 24.8 Å². The van der Waals surface area contributed by atoms with Crippen molar-refractivity contribution in [2.45, 2.75) is 26.4 Å². The molecule has 8 heteroatoms. The first-order chi connectivity index (χ1) is 16.4. The average Bonchev–Trinajstić information content (AvgIpc) is 3.24. The zero-order chi connectivity index (χ0) is 24.1. The normalized spacial score (nSPS) is 15.3. The number of benzene rings is 3. The lowest BCUT2D eigenvalue weighted by atomic mass is 10.1. The largest absolute Gasteiger partial charge is 0.487 e. The summed E-state index contributed by atoms with van der Waals surface area (Å²) in [6.45, 7) is 2.71. The number of halogens is 2. The minimum Gasteiger partial charge on any atom is -0.487 e. The van der Waals surface area contributed by atoms with E-state index in [1.165, 1.54) is 5.56 Å². The monoisotopic (exact) mass is 497 g/mol. The standard InChI is InChI=1S/C26H25Cl2N3O3/c1-2-17-7-10-21(11-8-17)31-15-19(13-25(31)32)26(33)30-29-20-9-12-24(23(28)14-20)34-16-18-5-3-4-6-22(18)27/h3-12,14,19,29H,2,13,15-16H2,1H3,(H,30,33)/t19-/m0/s1. The number of ether oxygens (including phenoxy) is 1. The topological polar surface area (TPSA) is 70.7 Å². The Bertz CT molecular complexity index is 1180. The summed E-state index contributed by atoms with van der Waals surface area (Å²) in [5.41, 5.74) is 9.01. The lowest BCUT2D eigenvalue weighted by Gasteiger charge is -2.17. The van der Waals surface area contributed by atoms with Crippen molar-refractivity contribution in [3.63, 3.8) is 0 Å². The molecule has 2 amide bonds. The molecule has 0 aromatic heterocycles. The number of aryl methyl sites for hydroxylation is 1. The van der Waals surface area contributed by atoms with Gasteiger partial charge in [0.1, 0.15) is 12.4 Å². The maximum atomic E-state index is 12.7. The number of anilines is 2. The second-order valence-electron chi connectivity index (χ2n) is 8.06. The molecule has 1 fully saturated rings. The molecule has 34 heavy (non-hydrogen) atoms. The van der Waals surface area contributed by atoms with Gasteiger partial charge in [0.15, 0.2) is 0 Å². The molecular formula is C26H25Cl2N3O3. The van der Waals surface area contributed by atoms with Crippen molar-refractivity contribution < 1.29 is 14.3 Å². The van der Waals surface area contributed by atoms with E-state index < -0.39 is 5.92 Å². The molecule has 0 unspecified atom stereocenters. The van der Waals surface area contributed by atoms with Gasteiger partial charge in [0, 0.05) is 29.2 Å². The third-order valence-corrected chi connectivity index (χ3v) is 6.42. The molecule has 176 valence electrons. The Morgan fingerprint density at radius 1 is 1.06 bits per heavy atom. The fourth-order valence-electron chi connectivity index (χ4n) is 3.75. The van der Waals surface area contributed by atoms with Crippen LogP contribution in [0.25, 0.3) is 0 Å². The highest BCUT2D eigenvalue weighted by Gasteiger charge is 2.35. The first kappa shape index (κ1) is 23.9. The van der Waals surface area contributed by atoms with Gasteiger partial charge in [-0.25, -0.2) is 0 Å². The van der Waals surface area contributed by atoms with Crippen molar-refractivity contribution in [1.29, 1.82) is 0 Å². The lowest BCUT2D eigenvalue weighted by Crippen LogP contribution is -2.36. The molecule has 1 aliphatic heterocycles. The summed E-state index contributed by atoms with van der Waals surface area (Å²) >= 11 is 12.5. The van der Waals surface area contributed by atoms with E-state index in [4.69, 9.17) is 27.9 Å². The molecule has 4 rings (SSSR count). The first-order valence-corrected chi connectivity index (χ1v) is 11.8. The summed E-state index contributed by atoms with van der Waals surface area (Å²) in [5, 5.41) is 1.02. The van der Waals surface area contributed by atoms with Crippen molar-refractivity contribution in [2.24, 2.45) is 5.92 Å². The maximum absolute atomic E-state index is 12.7. The minimum atomic E-state index is -0.445. The molecule has 3 aromatic rings. The third-order valence-electron chi connectivity index (χ3n) is 5.76. The van der Waals surface area contributed by atoms with Crippen LogP contribution in [0, 0.1) is 5.92 Å². The SMILES string of the molecule is CCc1ccc(N2C[C@@H](C(=O)NNc3ccc(OCc4ccccc4Cl)c(Cl)c3)CC2=O)cc1. The summed E-state index contributed by atoms with van der Waals surface area (Å²) in [7, 11) is 0. The van der Waals surface area contributed by atoms with Gasteiger partial charge in [0.05, 0.1) is 16.6 Å². The minimum absolute atomic E-state index is 0.0625. The number of hydrogen-bond donors (Lipinski definition) is 2. The van der Waals surface area contributed by atoms with Crippen molar-refractivity contribution in [3.8, 4) is 5.75 Å². The molecule has 0 aliphatic carbocycles. The van der Waals surface area contributed by atoms with Crippen LogP contribution in [0.2, 0.25) is 10.0 Å². The van der Waals surface area contributed by atoms with E-state index in [9.17, 15) is 9.59 Å². The zero-order valence-corrected chi connectivity index (χ0v) is 20.2. The van der Waals surface area contributed by atoms with Crippen LogP contribution in [0.4, 0.5) is 11.4 Å². The Morgan fingerprint density at radius 3 is 2.53 bits per heavy atom. The van der Waals surface area contributed by atoms with E-state index >= 15 is 0 Å². The number of amides is 2. The molecule has 0 spiro atoms. The van der Waals surface area contributed by atoms with Crippen LogP contribution in [-0.2, 0) is 22.6 Å². The van der Waals surface area contributed by atoms with E-state index in [1.54, 1.807) is 29.2 Å². The van der Waals surface area contributed by atoms with Crippen LogP contribution in [-0.4, -0.2) is 18.4 Å². The Balaban J connectivity index is 1.30. The number of carbonyl (C=O) groups excluding carboxylic acids is 2. The zero-order valence-electron chi connectivity index (χ0n) is 18.7. The number of carbonyl (C=O) groups is 2. The van der Waals surface area contributed by atoms with Crippen molar-refractivity contribution in [3.05, 3.63) is 87.9 Å². The number of hydrogen-bond acceptors (Lipinski definition) is 4. The number of hydrazine groups is 1. The Labute approximate surface area is 208 Å². The molecule has 3 aromatic carbocycles. The molecule has 1 heterocycles. The summed E-state index contributed by atoms with van der Waals surface area (Å²) in [6, 6.07) is 20.4. The van der Waals surface area contributed by atoms with Crippen LogP contribution in [0.15, 0.2) is 66.7 Å². The van der Waals surface area contributed by atoms with Crippen LogP contribution in [0.1, 0.15) is 24.5 Å². The summed E-state index contributed by atoms with van der Waals surface area (Å²) < 4.78 is 5.77. The molecule has 1 saturated heterocycles. The van der Waals surface area contributed by atoms with Crippen molar-refractivity contribution in [2.75, 3.05) is 16.9 Å². The number of rotatable bonds is 8. The van der Waals surface area contributed by atoms with Crippen LogP contribution in [0.5, 0.6) is 5.75 Å². The van der Waals surface area contributed by atoms with E-state index in [2.05, 4.69) is 17.8 Å². The first-order valence-electron chi connectivity index (χ1n) is 11.1. The Kier molecular flexibility index (Phi) is 7.60. The van der Waals surface area contributed by atoms with Gasteiger partial charge in [-0.15, -0.1) is 0 Å². The highest BCUT2D eigenvalue weighted by atomic mass is 35.5. The molecular weight excluding hydrogens is 473 g/mol. The highest BCUT2D eigenvalue weighted by molar-refractivity contribution is 6.32. The number of nitrogens with one attached hydrogen (secondary N) is 2. The Morgan fingerprint density at radius 2 is 1.82 bits per heavy atom. The van der Waals surface area contributed by atoms with Crippen molar-refractivity contribution >= 4 is 46.4 Å². The molecule has 0 radical (unpaired) electrons. The second kappa shape index (κ2) is 10.8. The molecule has 2 N–H and O–H groups in total. The molecule has 0 bridgehead atoms. The van der Waals surface area contributed by atoms with Crippen LogP contribution in [0.3, 0.4) is 0 Å². The van der Waals surface area contributed by atoms with Gasteiger partial charge in [0.2, 0.25) is 11.8 Å². The molecule has 6 nitrogen and oxygen atoms in total. The summed E-state index contributed by atoms with van der Waals surface area (Å²) in [6.07, 6.45) is 1.10. The van der Waals surface area contributed by atoms with Crippen LogP contribution < -0.4 is 20.5 Å². The van der Waals surface area contributed by atoms with E-state index in [1.807, 2.05) is 42.5 Å². The predicted octanol–water partition coefficient (Wildman–Crippen LogP) is 5.63. The quantitative estimate of drug-likeness (QED) is 0.395. The average molecular weight is 498 g/mol. The second-order valence-corrected chi connectivity index (χ2v) is 8.88. The molecule has 1 atom stereocenters. The van der Waals surface area contributed by atoms with Gasteiger partial charge >= 0.3 is 0 Å². The van der Waals surface area contributed by atoms with Crippen LogP contribution >= 0.6 is 23.2 Å². The van der Waals surface area contributed by atoms with Gasteiger partial charge in [-0.2, -0.15) is 0 Å². The van der Waals surface area contributed by atoms with Gasteiger partial charge in [-0.1, -0.05) is 60.5 Å². The molecule has 1 aliphatic rings. The third kappa shape index (κ3) is 5.64. The fraction of sp³-hybridized carbons (Fsp3) is 0.231. The molecule has 0 saturated carbocycles. The van der Waals surface area contributed by atoms with E-state index in [0.29, 0.717) is 28.0 Å². The van der Waals surface area contributed by atoms with Gasteiger partial charge in [-0.05, 0) is 48.4 Å². The fourth-order valence-corrected chi connectivity index (χ4v) is 4.17. The van der Waals surface area contributed by atoms with Gasteiger partial charge in [-0.3, -0.25) is 20.4 Å². The van der Waals surface area contributed by atoms with Crippen molar-refractivity contribution in [1.82, 2.24) is 5.43 Å². The predicted molar refractivity (Wildman–Crippen MR) is 135 cm³/mol. The summed E-state index contributed by atoms with van der Waals surface area (Å²) in [4.78, 5) is 26.8. The van der Waals surface area contributed by atoms with Gasteiger partial charge < -0.3 is 9.64 Å². The van der Waals surface area contributed by atoms with E-state index in [0.717, 1.165) is 17.7 Å². The smallest absolute Gasteiger partial charge is 0.243 e. The lowest BCUT2D eigenvalue weighted by molar-refractivity contribution is -0.125. The number of nitrogens with zero attached hydrogens (tertiary/aromatic N) is 1. The Hall–Kier alpha value is -3.22.